The predicted molar refractivity (Wildman–Crippen MR) is 98.2 cm³/mol. The van der Waals surface area contributed by atoms with E-state index in [4.69, 9.17) is 23.2 Å². The average molecular weight is 396 g/mol. The Morgan fingerprint density at radius 3 is 2.16 bits per heavy atom. The number of sulfonamides is 1. The number of hydrogen-bond donors (Lipinski definition) is 2. The van der Waals surface area contributed by atoms with Crippen molar-refractivity contribution in [1.29, 1.82) is 0 Å². The molecule has 3 aromatic carbocycles. The fourth-order valence-electron chi connectivity index (χ4n) is 2.47. The lowest BCUT2D eigenvalue weighted by atomic mass is 10.0. The molecule has 5 nitrogen and oxygen atoms in total. The SMILES string of the molecule is O=C(O)c1cccc2c(NS(=O)(=O)c3cc(Cl)cc(Cl)c3)cccc12. The molecule has 3 rings (SSSR count). The van der Waals surface area contributed by atoms with Crippen LogP contribution in [0.1, 0.15) is 10.4 Å². The highest BCUT2D eigenvalue weighted by Gasteiger charge is 2.18. The van der Waals surface area contributed by atoms with Crippen LogP contribution in [-0.4, -0.2) is 19.5 Å². The maximum absolute atomic E-state index is 12.6. The van der Waals surface area contributed by atoms with Gasteiger partial charge in [0.2, 0.25) is 0 Å². The van der Waals surface area contributed by atoms with E-state index in [1.807, 2.05) is 0 Å². The molecule has 0 aromatic heterocycles. The molecule has 0 amide bonds. The molecule has 0 saturated heterocycles. The van der Waals surface area contributed by atoms with Crippen molar-refractivity contribution in [3.63, 3.8) is 0 Å². The summed E-state index contributed by atoms with van der Waals surface area (Å²) in [6.45, 7) is 0. The lowest BCUT2D eigenvalue weighted by Crippen LogP contribution is -2.13. The molecule has 2 N–H and O–H groups in total. The summed E-state index contributed by atoms with van der Waals surface area (Å²) in [5, 5.41) is 10.6. The van der Waals surface area contributed by atoms with Gasteiger partial charge in [-0.05, 0) is 35.7 Å². The number of rotatable bonds is 4. The van der Waals surface area contributed by atoms with Gasteiger partial charge in [0.1, 0.15) is 0 Å². The van der Waals surface area contributed by atoms with Crippen LogP contribution in [0, 0.1) is 0 Å². The van der Waals surface area contributed by atoms with Crippen LogP contribution in [0.15, 0.2) is 59.5 Å². The van der Waals surface area contributed by atoms with E-state index in [1.165, 1.54) is 24.3 Å². The van der Waals surface area contributed by atoms with E-state index in [9.17, 15) is 18.3 Å². The number of hydrogen-bond acceptors (Lipinski definition) is 3. The van der Waals surface area contributed by atoms with E-state index in [1.54, 1.807) is 30.3 Å². The number of anilines is 1. The summed E-state index contributed by atoms with van der Waals surface area (Å²) in [5.74, 6) is -1.09. The minimum atomic E-state index is -3.95. The maximum atomic E-state index is 12.6. The Morgan fingerprint density at radius 2 is 1.52 bits per heavy atom. The normalized spacial score (nSPS) is 11.4. The molecule has 8 heteroatoms. The molecule has 0 aliphatic rings. The zero-order chi connectivity index (χ0) is 18.2. The third kappa shape index (κ3) is 3.56. The Labute approximate surface area is 153 Å². The van der Waals surface area contributed by atoms with E-state index < -0.39 is 16.0 Å². The number of aromatic carboxylic acids is 1. The Balaban J connectivity index is 2.11. The van der Waals surface area contributed by atoms with Crippen LogP contribution in [0.2, 0.25) is 10.0 Å². The van der Waals surface area contributed by atoms with Crippen LogP contribution in [0.5, 0.6) is 0 Å². The van der Waals surface area contributed by atoms with E-state index >= 15 is 0 Å². The van der Waals surface area contributed by atoms with Crippen molar-refractivity contribution in [2.75, 3.05) is 4.72 Å². The summed E-state index contributed by atoms with van der Waals surface area (Å²) in [5.41, 5.74) is 0.348. The average Bonchev–Trinajstić information content (AvgIpc) is 2.53. The van der Waals surface area contributed by atoms with Crippen molar-refractivity contribution in [1.82, 2.24) is 0 Å². The second-order valence-electron chi connectivity index (χ2n) is 5.22. The monoisotopic (exact) mass is 395 g/mol. The van der Waals surface area contributed by atoms with Gasteiger partial charge >= 0.3 is 5.97 Å². The number of fused-ring (bicyclic) bond motifs is 1. The molecule has 0 radical (unpaired) electrons. The highest BCUT2D eigenvalue weighted by molar-refractivity contribution is 7.92. The summed E-state index contributed by atoms with van der Waals surface area (Å²) < 4.78 is 27.7. The van der Waals surface area contributed by atoms with Gasteiger partial charge in [-0.3, -0.25) is 4.72 Å². The Kier molecular flexibility index (Phi) is 4.60. The molecular weight excluding hydrogens is 385 g/mol. The van der Waals surface area contributed by atoms with Crippen molar-refractivity contribution < 1.29 is 18.3 Å². The standard InChI is InChI=1S/C17H11Cl2NO4S/c18-10-7-11(19)9-12(8-10)25(23,24)20-16-6-2-3-13-14(16)4-1-5-15(13)17(21)22/h1-9,20H,(H,21,22). The molecule has 25 heavy (non-hydrogen) atoms. The summed E-state index contributed by atoms with van der Waals surface area (Å²) >= 11 is 11.7. The predicted octanol–water partition coefficient (Wildman–Crippen LogP) is 4.65. The number of benzene rings is 3. The zero-order valence-corrected chi connectivity index (χ0v) is 14.9. The number of carboxylic acids is 1. The highest BCUT2D eigenvalue weighted by atomic mass is 35.5. The summed E-state index contributed by atoms with van der Waals surface area (Å²) in [4.78, 5) is 11.3. The fraction of sp³-hybridized carbons (Fsp3) is 0. The summed E-state index contributed by atoms with van der Waals surface area (Å²) in [6.07, 6.45) is 0. The first-order valence-corrected chi connectivity index (χ1v) is 9.26. The first-order chi connectivity index (χ1) is 11.8. The quantitative estimate of drug-likeness (QED) is 0.673. The van der Waals surface area contributed by atoms with Crippen LogP contribution in [0.3, 0.4) is 0 Å². The van der Waals surface area contributed by atoms with Crippen LogP contribution < -0.4 is 4.72 Å². The Hall–Kier alpha value is -2.28. The van der Waals surface area contributed by atoms with Gasteiger partial charge in [0.15, 0.2) is 0 Å². The van der Waals surface area contributed by atoms with Gasteiger partial charge in [-0.25, -0.2) is 13.2 Å². The lowest BCUT2D eigenvalue weighted by Gasteiger charge is -2.12. The number of carbonyl (C=O) groups is 1. The molecule has 0 atom stereocenters. The minimum Gasteiger partial charge on any atom is -0.478 e. The van der Waals surface area contributed by atoms with Gasteiger partial charge in [0, 0.05) is 15.4 Å². The third-order valence-corrected chi connectivity index (χ3v) is 5.32. The summed E-state index contributed by atoms with van der Waals surface area (Å²) in [7, 11) is -3.95. The second kappa shape index (κ2) is 6.55. The first-order valence-electron chi connectivity index (χ1n) is 7.02. The molecule has 0 aliphatic heterocycles. The van der Waals surface area contributed by atoms with Crippen molar-refractivity contribution in [3.05, 3.63) is 70.2 Å². The smallest absolute Gasteiger partial charge is 0.336 e. The van der Waals surface area contributed by atoms with Gasteiger partial charge in [0.25, 0.3) is 10.0 Å². The molecule has 0 bridgehead atoms. The van der Waals surface area contributed by atoms with E-state index in [0.717, 1.165) is 0 Å². The van der Waals surface area contributed by atoms with Crippen LogP contribution in [-0.2, 0) is 10.0 Å². The van der Waals surface area contributed by atoms with Crippen molar-refractivity contribution in [2.24, 2.45) is 0 Å². The van der Waals surface area contributed by atoms with Gasteiger partial charge in [-0.15, -0.1) is 0 Å². The molecule has 128 valence electrons. The largest absolute Gasteiger partial charge is 0.478 e. The second-order valence-corrected chi connectivity index (χ2v) is 7.78. The van der Waals surface area contributed by atoms with Crippen LogP contribution >= 0.6 is 23.2 Å². The van der Waals surface area contributed by atoms with Crippen LogP contribution in [0.25, 0.3) is 10.8 Å². The molecule has 0 fully saturated rings. The molecule has 0 heterocycles. The molecule has 0 spiro atoms. The van der Waals surface area contributed by atoms with Crippen molar-refractivity contribution >= 4 is 55.7 Å². The fourth-order valence-corrected chi connectivity index (χ4v) is 4.28. The topological polar surface area (TPSA) is 83.5 Å². The van der Waals surface area contributed by atoms with E-state index in [0.29, 0.717) is 10.8 Å². The van der Waals surface area contributed by atoms with Gasteiger partial charge in [-0.1, -0.05) is 47.5 Å². The molecule has 3 aromatic rings. The maximum Gasteiger partial charge on any atom is 0.336 e. The van der Waals surface area contributed by atoms with Crippen LogP contribution in [0.4, 0.5) is 5.69 Å². The molecule has 0 aliphatic carbocycles. The third-order valence-electron chi connectivity index (χ3n) is 3.54. The number of halogens is 2. The van der Waals surface area contributed by atoms with Gasteiger partial charge in [0.05, 0.1) is 16.1 Å². The van der Waals surface area contributed by atoms with Gasteiger partial charge < -0.3 is 5.11 Å². The van der Waals surface area contributed by atoms with Gasteiger partial charge in [-0.2, -0.15) is 0 Å². The first kappa shape index (κ1) is 17.5. The molecule has 0 unspecified atom stereocenters. The lowest BCUT2D eigenvalue weighted by molar-refractivity contribution is 0.0699. The highest BCUT2D eigenvalue weighted by Crippen LogP contribution is 2.29. The van der Waals surface area contributed by atoms with E-state index in [2.05, 4.69) is 4.72 Å². The minimum absolute atomic E-state index is 0.0867. The number of nitrogens with one attached hydrogen (secondary N) is 1. The zero-order valence-electron chi connectivity index (χ0n) is 12.5. The molecule has 0 saturated carbocycles. The van der Waals surface area contributed by atoms with Crippen molar-refractivity contribution in [2.45, 2.75) is 4.90 Å². The Bertz CT molecular complexity index is 1080. The van der Waals surface area contributed by atoms with Crippen molar-refractivity contribution in [3.8, 4) is 0 Å². The number of carboxylic acid groups (broad SMARTS) is 1. The molecular formula is C17H11Cl2NO4S. The Morgan fingerprint density at radius 1 is 0.920 bits per heavy atom. The van der Waals surface area contributed by atoms with E-state index in [-0.39, 0.29) is 26.2 Å². The summed E-state index contributed by atoms with van der Waals surface area (Å²) in [6, 6.07) is 13.4.